The van der Waals surface area contributed by atoms with E-state index in [1.54, 1.807) is 23.1 Å². The minimum atomic E-state index is -0.0877. The van der Waals surface area contributed by atoms with Crippen molar-refractivity contribution >= 4 is 0 Å². The SMILES string of the molecule is C[C@H](N[C@@H]1CCc2c(F)cccc21)c1ccc(-n2cnnn2)cc1. The molecule has 3 aromatic rings. The van der Waals surface area contributed by atoms with Gasteiger partial charge < -0.3 is 5.32 Å². The van der Waals surface area contributed by atoms with E-state index in [1.165, 1.54) is 5.56 Å². The quantitative estimate of drug-likeness (QED) is 0.801. The van der Waals surface area contributed by atoms with Gasteiger partial charge in [-0.2, -0.15) is 0 Å². The minimum absolute atomic E-state index is 0.0877. The number of tetrazole rings is 1. The molecule has 0 spiro atoms. The van der Waals surface area contributed by atoms with E-state index in [2.05, 4.69) is 39.9 Å². The average Bonchev–Trinajstić information content (AvgIpc) is 3.26. The topological polar surface area (TPSA) is 55.6 Å². The van der Waals surface area contributed by atoms with E-state index in [9.17, 15) is 4.39 Å². The number of aromatic nitrogens is 4. The molecule has 0 bridgehead atoms. The van der Waals surface area contributed by atoms with Crippen LogP contribution in [0.4, 0.5) is 4.39 Å². The number of hydrogen-bond donors (Lipinski definition) is 1. The second-order valence-corrected chi connectivity index (χ2v) is 6.13. The van der Waals surface area contributed by atoms with Gasteiger partial charge in [-0.25, -0.2) is 9.07 Å². The van der Waals surface area contributed by atoms with Crippen molar-refractivity contribution in [2.24, 2.45) is 0 Å². The van der Waals surface area contributed by atoms with Crippen molar-refractivity contribution in [2.45, 2.75) is 31.8 Å². The fraction of sp³-hybridized carbons (Fsp3) is 0.278. The smallest absolute Gasteiger partial charge is 0.143 e. The third kappa shape index (κ3) is 2.69. The Hall–Kier alpha value is -2.60. The van der Waals surface area contributed by atoms with E-state index < -0.39 is 0 Å². The third-order valence-electron chi connectivity index (χ3n) is 4.67. The summed E-state index contributed by atoms with van der Waals surface area (Å²) in [5.41, 5.74) is 4.05. The lowest BCUT2D eigenvalue weighted by atomic mass is 10.0. The van der Waals surface area contributed by atoms with Crippen LogP contribution in [0.25, 0.3) is 5.69 Å². The van der Waals surface area contributed by atoms with Crippen LogP contribution in [0.2, 0.25) is 0 Å². The summed E-state index contributed by atoms with van der Waals surface area (Å²) < 4.78 is 15.5. The van der Waals surface area contributed by atoms with Gasteiger partial charge in [0.2, 0.25) is 0 Å². The van der Waals surface area contributed by atoms with Gasteiger partial charge in [-0.05, 0) is 65.1 Å². The zero-order valence-electron chi connectivity index (χ0n) is 13.4. The van der Waals surface area contributed by atoms with Crippen molar-refractivity contribution in [1.29, 1.82) is 0 Å². The highest BCUT2D eigenvalue weighted by atomic mass is 19.1. The predicted molar refractivity (Wildman–Crippen MR) is 88.2 cm³/mol. The number of nitrogens with zero attached hydrogens (tertiary/aromatic N) is 4. The normalized spacial score (nSPS) is 17.7. The van der Waals surface area contributed by atoms with Crippen molar-refractivity contribution in [2.75, 3.05) is 0 Å². The van der Waals surface area contributed by atoms with E-state index in [0.29, 0.717) is 0 Å². The van der Waals surface area contributed by atoms with Gasteiger partial charge in [-0.3, -0.25) is 0 Å². The maximum absolute atomic E-state index is 13.9. The summed E-state index contributed by atoms with van der Waals surface area (Å²) in [6.07, 6.45) is 3.30. The maximum Gasteiger partial charge on any atom is 0.143 e. The summed E-state index contributed by atoms with van der Waals surface area (Å²) >= 11 is 0. The Balaban J connectivity index is 1.49. The number of nitrogens with one attached hydrogen (secondary N) is 1. The Morgan fingerprint density at radius 1 is 1.21 bits per heavy atom. The first-order chi connectivity index (χ1) is 11.7. The lowest BCUT2D eigenvalue weighted by molar-refractivity contribution is 0.465. The fourth-order valence-electron chi connectivity index (χ4n) is 3.38. The average molecular weight is 323 g/mol. The van der Waals surface area contributed by atoms with Crippen molar-refractivity contribution < 1.29 is 4.39 Å². The van der Waals surface area contributed by atoms with E-state index >= 15 is 0 Å². The predicted octanol–water partition coefficient (Wildman–Crippen LogP) is 3.14. The van der Waals surface area contributed by atoms with Crippen LogP contribution in [0.15, 0.2) is 48.8 Å². The second-order valence-electron chi connectivity index (χ2n) is 6.13. The Kier molecular flexibility index (Phi) is 3.82. The van der Waals surface area contributed by atoms with Crippen molar-refractivity contribution in [3.8, 4) is 5.69 Å². The van der Waals surface area contributed by atoms with Crippen LogP contribution in [0, 0.1) is 5.82 Å². The highest BCUT2D eigenvalue weighted by Crippen LogP contribution is 2.34. The van der Waals surface area contributed by atoms with Crippen LogP contribution in [-0.4, -0.2) is 20.2 Å². The summed E-state index contributed by atoms with van der Waals surface area (Å²) in [4.78, 5) is 0. The zero-order chi connectivity index (χ0) is 16.5. The lowest BCUT2D eigenvalue weighted by Gasteiger charge is -2.21. The van der Waals surface area contributed by atoms with E-state index in [1.807, 2.05) is 18.2 Å². The van der Waals surface area contributed by atoms with E-state index in [-0.39, 0.29) is 17.9 Å². The monoisotopic (exact) mass is 323 g/mol. The molecule has 2 atom stereocenters. The molecule has 0 radical (unpaired) electrons. The van der Waals surface area contributed by atoms with Crippen LogP contribution < -0.4 is 5.32 Å². The molecule has 1 aliphatic rings. The molecule has 122 valence electrons. The van der Waals surface area contributed by atoms with Crippen LogP contribution in [0.5, 0.6) is 0 Å². The molecule has 0 saturated heterocycles. The first-order valence-electron chi connectivity index (χ1n) is 8.09. The van der Waals surface area contributed by atoms with Crippen LogP contribution >= 0.6 is 0 Å². The molecule has 24 heavy (non-hydrogen) atoms. The van der Waals surface area contributed by atoms with Crippen LogP contribution in [0.3, 0.4) is 0 Å². The number of halogens is 1. The van der Waals surface area contributed by atoms with Gasteiger partial charge in [-0.15, -0.1) is 5.10 Å². The molecule has 0 fully saturated rings. The first kappa shape index (κ1) is 15.0. The van der Waals surface area contributed by atoms with Gasteiger partial charge in [0.05, 0.1) is 5.69 Å². The van der Waals surface area contributed by atoms with Gasteiger partial charge in [0.15, 0.2) is 0 Å². The van der Waals surface area contributed by atoms with Gasteiger partial charge in [-0.1, -0.05) is 24.3 Å². The molecule has 0 amide bonds. The summed E-state index contributed by atoms with van der Waals surface area (Å²) in [5.74, 6) is -0.0877. The molecule has 1 aliphatic carbocycles. The molecule has 4 rings (SSSR count). The number of benzene rings is 2. The molecule has 6 heteroatoms. The van der Waals surface area contributed by atoms with E-state index in [0.717, 1.165) is 29.7 Å². The van der Waals surface area contributed by atoms with Gasteiger partial charge in [0.25, 0.3) is 0 Å². The van der Waals surface area contributed by atoms with Gasteiger partial charge >= 0.3 is 0 Å². The molecule has 1 heterocycles. The van der Waals surface area contributed by atoms with Crippen molar-refractivity contribution in [3.05, 3.63) is 71.3 Å². The Labute approximate surface area is 139 Å². The lowest BCUT2D eigenvalue weighted by Crippen LogP contribution is -2.23. The summed E-state index contributed by atoms with van der Waals surface area (Å²) in [6.45, 7) is 2.13. The molecule has 0 aliphatic heterocycles. The first-order valence-corrected chi connectivity index (χ1v) is 8.09. The summed E-state index contributed by atoms with van der Waals surface area (Å²) in [7, 11) is 0. The zero-order valence-corrected chi connectivity index (χ0v) is 13.4. The molecule has 0 saturated carbocycles. The van der Waals surface area contributed by atoms with Crippen molar-refractivity contribution in [3.63, 3.8) is 0 Å². The second kappa shape index (κ2) is 6.13. The standard InChI is InChI=1S/C18H18FN5/c1-12(13-5-7-14(8-6-13)24-11-20-22-23-24)21-18-10-9-15-16(18)3-2-4-17(15)19/h2-8,11-12,18,21H,9-10H2,1H3/t12-,18+/m0/s1. The van der Waals surface area contributed by atoms with Gasteiger partial charge in [0.1, 0.15) is 12.1 Å². The highest BCUT2D eigenvalue weighted by molar-refractivity contribution is 5.37. The van der Waals surface area contributed by atoms with Crippen LogP contribution in [-0.2, 0) is 6.42 Å². The number of fused-ring (bicyclic) bond motifs is 1. The summed E-state index contributed by atoms with van der Waals surface area (Å²) in [6, 6.07) is 13.8. The molecular weight excluding hydrogens is 305 g/mol. The summed E-state index contributed by atoms with van der Waals surface area (Å²) in [5, 5.41) is 14.8. The highest BCUT2D eigenvalue weighted by Gasteiger charge is 2.25. The molecule has 1 aromatic heterocycles. The third-order valence-corrected chi connectivity index (χ3v) is 4.67. The van der Waals surface area contributed by atoms with Crippen molar-refractivity contribution in [1.82, 2.24) is 25.5 Å². The fourth-order valence-corrected chi connectivity index (χ4v) is 3.38. The number of rotatable bonds is 4. The van der Waals surface area contributed by atoms with Crippen LogP contribution in [0.1, 0.15) is 42.1 Å². The molecule has 5 nitrogen and oxygen atoms in total. The molecular formula is C18H18FN5. The maximum atomic E-state index is 13.9. The Bertz CT molecular complexity index is 829. The van der Waals surface area contributed by atoms with Gasteiger partial charge in [0, 0.05) is 12.1 Å². The number of hydrogen-bond acceptors (Lipinski definition) is 4. The Morgan fingerprint density at radius 2 is 2.04 bits per heavy atom. The van der Waals surface area contributed by atoms with E-state index in [4.69, 9.17) is 0 Å². The molecule has 2 aromatic carbocycles. The Morgan fingerprint density at radius 3 is 2.79 bits per heavy atom. The molecule has 1 N–H and O–H groups in total. The minimum Gasteiger partial charge on any atom is -0.303 e. The largest absolute Gasteiger partial charge is 0.303 e. The molecule has 0 unspecified atom stereocenters.